The normalized spacial score (nSPS) is 14.7. The highest BCUT2D eigenvalue weighted by Gasteiger charge is 2.16. The molecule has 0 amide bonds. The predicted octanol–water partition coefficient (Wildman–Crippen LogP) is 3.08. The van der Waals surface area contributed by atoms with E-state index in [2.05, 4.69) is 15.3 Å². The van der Waals surface area contributed by atoms with Crippen molar-refractivity contribution in [1.29, 1.82) is 0 Å². The molecule has 0 saturated carbocycles. The van der Waals surface area contributed by atoms with Crippen molar-refractivity contribution in [1.82, 2.24) is 9.78 Å². The fourth-order valence-electron chi connectivity index (χ4n) is 2.75. The number of rotatable bonds is 4. The minimum absolute atomic E-state index is 0.148. The highest BCUT2D eigenvalue weighted by atomic mass is 19.1. The Balaban J connectivity index is 1.69. The molecule has 1 aliphatic rings. The summed E-state index contributed by atoms with van der Waals surface area (Å²) >= 11 is 0. The highest BCUT2D eigenvalue weighted by molar-refractivity contribution is 5.56. The van der Waals surface area contributed by atoms with Crippen LogP contribution in [0.25, 0.3) is 0 Å². The van der Waals surface area contributed by atoms with Gasteiger partial charge in [-0.25, -0.2) is 4.39 Å². The highest BCUT2D eigenvalue weighted by Crippen LogP contribution is 2.26. The van der Waals surface area contributed by atoms with Gasteiger partial charge in [0.15, 0.2) is 0 Å². The second kappa shape index (κ2) is 5.76. The minimum atomic E-state index is -0.148. The summed E-state index contributed by atoms with van der Waals surface area (Å²) < 4.78 is 16.1. The summed E-state index contributed by atoms with van der Waals surface area (Å²) in [7, 11) is 1.92. The summed E-state index contributed by atoms with van der Waals surface area (Å²) in [6.07, 6.45) is 4.15. The Kier molecular flexibility index (Phi) is 3.82. The van der Waals surface area contributed by atoms with E-state index in [1.54, 1.807) is 6.07 Å². The molecule has 3 rings (SSSR count). The third-order valence-electron chi connectivity index (χ3n) is 4.21. The first-order valence-electron chi connectivity index (χ1n) is 7.41. The quantitative estimate of drug-likeness (QED) is 0.938. The van der Waals surface area contributed by atoms with Crippen molar-refractivity contribution >= 4 is 11.4 Å². The van der Waals surface area contributed by atoms with E-state index in [1.807, 2.05) is 37.0 Å². The van der Waals surface area contributed by atoms with Gasteiger partial charge in [-0.2, -0.15) is 5.10 Å². The van der Waals surface area contributed by atoms with Crippen LogP contribution < -0.4 is 10.2 Å². The molecular formula is C16H21FN4. The van der Waals surface area contributed by atoms with Gasteiger partial charge in [-0.05, 0) is 38.0 Å². The van der Waals surface area contributed by atoms with E-state index < -0.39 is 0 Å². The fourth-order valence-corrected chi connectivity index (χ4v) is 2.75. The molecule has 0 bridgehead atoms. The predicted molar refractivity (Wildman–Crippen MR) is 83.1 cm³/mol. The van der Waals surface area contributed by atoms with Crippen molar-refractivity contribution in [3.63, 3.8) is 0 Å². The summed E-state index contributed by atoms with van der Waals surface area (Å²) in [5.41, 5.74) is 3.77. The van der Waals surface area contributed by atoms with Gasteiger partial charge in [0.05, 0.1) is 11.9 Å². The van der Waals surface area contributed by atoms with Crippen LogP contribution in [0.1, 0.15) is 24.1 Å². The molecule has 0 aliphatic carbocycles. The van der Waals surface area contributed by atoms with Crippen LogP contribution in [0.2, 0.25) is 0 Å². The Morgan fingerprint density at radius 1 is 1.29 bits per heavy atom. The first-order valence-corrected chi connectivity index (χ1v) is 7.41. The standard InChI is InChI=1S/C16H21FN4/c1-12-13(11-19-20(12)2)10-18-14-5-6-16(15(17)9-14)21-7-3-4-8-21/h5-6,9,11,18H,3-4,7-8,10H2,1-2H3. The van der Waals surface area contributed by atoms with E-state index in [0.717, 1.165) is 48.6 Å². The Labute approximate surface area is 124 Å². The average Bonchev–Trinajstić information content (AvgIpc) is 3.09. The molecule has 2 heterocycles. The second-order valence-corrected chi connectivity index (χ2v) is 5.59. The lowest BCUT2D eigenvalue weighted by atomic mass is 10.2. The monoisotopic (exact) mass is 288 g/mol. The average molecular weight is 288 g/mol. The zero-order chi connectivity index (χ0) is 14.8. The molecule has 2 aromatic rings. The zero-order valence-corrected chi connectivity index (χ0v) is 12.6. The molecule has 112 valence electrons. The van der Waals surface area contributed by atoms with E-state index in [1.165, 1.54) is 0 Å². The number of aromatic nitrogens is 2. The van der Waals surface area contributed by atoms with Gasteiger partial charge in [-0.1, -0.05) is 0 Å². The Morgan fingerprint density at radius 3 is 2.67 bits per heavy atom. The van der Waals surface area contributed by atoms with E-state index in [9.17, 15) is 4.39 Å². The van der Waals surface area contributed by atoms with Gasteiger partial charge in [-0.15, -0.1) is 0 Å². The molecule has 1 N–H and O–H groups in total. The lowest BCUT2D eigenvalue weighted by molar-refractivity contribution is 0.623. The number of hydrogen-bond donors (Lipinski definition) is 1. The minimum Gasteiger partial charge on any atom is -0.381 e. The Hall–Kier alpha value is -2.04. The van der Waals surface area contributed by atoms with E-state index in [0.29, 0.717) is 6.54 Å². The van der Waals surface area contributed by atoms with Gasteiger partial charge in [0.25, 0.3) is 0 Å². The van der Waals surface area contributed by atoms with Gasteiger partial charge in [0, 0.05) is 43.6 Å². The van der Waals surface area contributed by atoms with Gasteiger partial charge in [-0.3, -0.25) is 4.68 Å². The SMILES string of the molecule is Cc1c(CNc2ccc(N3CCCC3)c(F)c2)cnn1C. The number of aryl methyl sites for hydroxylation is 1. The summed E-state index contributed by atoms with van der Waals surface area (Å²) in [4.78, 5) is 2.12. The lowest BCUT2D eigenvalue weighted by Gasteiger charge is -2.19. The van der Waals surface area contributed by atoms with Crippen molar-refractivity contribution in [3.05, 3.63) is 41.5 Å². The van der Waals surface area contributed by atoms with Crippen molar-refractivity contribution in [3.8, 4) is 0 Å². The van der Waals surface area contributed by atoms with Crippen LogP contribution in [0, 0.1) is 12.7 Å². The molecule has 0 radical (unpaired) electrons. The van der Waals surface area contributed by atoms with Crippen molar-refractivity contribution < 1.29 is 4.39 Å². The van der Waals surface area contributed by atoms with Crippen molar-refractivity contribution in [2.45, 2.75) is 26.3 Å². The molecule has 4 nitrogen and oxygen atoms in total. The number of nitrogens with one attached hydrogen (secondary N) is 1. The molecule has 0 spiro atoms. The van der Waals surface area contributed by atoms with Crippen molar-refractivity contribution in [2.24, 2.45) is 7.05 Å². The number of hydrogen-bond acceptors (Lipinski definition) is 3. The zero-order valence-electron chi connectivity index (χ0n) is 12.6. The number of nitrogens with zero attached hydrogens (tertiary/aromatic N) is 3. The third-order valence-corrected chi connectivity index (χ3v) is 4.21. The summed E-state index contributed by atoms with van der Waals surface area (Å²) in [6.45, 7) is 4.60. The number of anilines is 2. The first-order chi connectivity index (χ1) is 10.1. The van der Waals surface area contributed by atoms with Gasteiger partial charge in [0.2, 0.25) is 0 Å². The lowest BCUT2D eigenvalue weighted by Crippen LogP contribution is -2.18. The molecule has 1 fully saturated rings. The molecule has 21 heavy (non-hydrogen) atoms. The van der Waals surface area contributed by atoms with Crippen LogP contribution in [-0.4, -0.2) is 22.9 Å². The number of halogens is 1. The Morgan fingerprint density at radius 2 is 2.05 bits per heavy atom. The van der Waals surface area contributed by atoms with Crippen LogP contribution in [0.5, 0.6) is 0 Å². The maximum Gasteiger partial charge on any atom is 0.148 e. The van der Waals surface area contributed by atoms with Gasteiger partial charge in [0.1, 0.15) is 5.82 Å². The second-order valence-electron chi connectivity index (χ2n) is 5.59. The van der Waals surface area contributed by atoms with Crippen molar-refractivity contribution in [2.75, 3.05) is 23.3 Å². The van der Waals surface area contributed by atoms with E-state index >= 15 is 0 Å². The summed E-state index contributed by atoms with van der Waals surface area (Å²) in [6, 6.07) is 5.40. The van der Waals surface area contributed by atoms with Crippen LogP contribution in [0.4, 0.5) is 15.8 Å². The molecule has 0 atom stereocenters. The molecular weight excluding hydrogens is 267 g/mol. The third kappa shape index (κ3) is 2.86. The van der Waals surface area contributed by atoms with Crippen LogP contribution in [-0.2, 0) is 13.6 Å². The summed E-state index contributed by atoms with van der Waals surface area (Å²) in [5, 5.41) is 7.47. The largest absolute Gasteiger partial charge is 0.381 e. The maximum atomic E-state index is 14.2. The molecule has 5 heteroatoms. The topological polar surface area (TPSA) is 33.1 Å². The molecule has 1 aromatic carbocycles. The molecule has 1 saturated heterocycles. The van der Waals surface area contributed by atoms with Crippen LogP contribution in [0.3, 0.4) is 0 Å². The van der Waals surface area contributed by atoms with Gasteiger partial charge < -0.3 is 10.2 Å². The molecule has 1 aliphatic heterocycles. The number of benzene rings is 1. The van der Waals surface area contributed by atoms with E-state index in [4.69, 9.17) is 0 Å². The van der Waals surface area contributed by atoms with Crippen LogP contribution in [0.15, 0.2) is 24.4 Å². The molecule has 0 unspecified atom stereocenters. The first kappa shape index (κ1) is 13.9. The Bertz CT molecular complexity index is 629. The summed E-state index contributed by atoms with van der Waals surface area (Å²) in [5.74, 6) is -0.148. The molecule has 1 aromatic heterocycles. The fraction of sp³-hybridized carbons (Fsp3) is 0.438. The van der Waals surface area contributed by atoms with E-state index in [-0.39, 0.29) is 5.82 Å². The smallest absolute Gasteiger partial charge is 0.148 e. The van der Waals surface area contributed by atoms with Crippen LogP contribution >= 0.6 is 0 Å². The maximum absolute atomic E-state index is 14.2. The van der Waals surface area contributed by atoms with Gasteiger partial charge >= 0.3 is 0 Å².